The van der Waals surface area contributed by atoms with Crippen LogP contribution in [0.25, 0.3) is 33.0 Å². The standard InChI is InChI=1S/C30H16F2O2/c31-24-14-5-3-11-21(24)29(33)23-16-17-8-7-13-19-18-9-1-2-10-20(18)27(26(17)19)28(23)30(34)22-12-4-6-15-25(22)32/h1-16H. The normalized spacial score (nSPS) is 11.5. The average Bonchev–Trinajstić information content (AvgIpc) is 3.20. The molecule has 0 fully saturated rings. The van der Waals surface area contributed by atoms with Crippen molar-refractivity contribution < 1.29 is 18.4 Å². The number of hydrogen-bond donors (Lipinski definition) is 0. The summed E-state index contributed by atoms with van der Waals surface area (Å²) in [6.07, 6.45) is 0. The lowest BCUT2D eigenvalue weighted by atomic mass is 9.85. The Kier molecular flexibility index (Phi) is 4.49. The van der Waals surface area contributed by atoms with Crippen LogP contribution < -0.4 is 0 Å². The molecular formula is C30H16F2O2. The maximum absolute atomic E-state index is 14.7. The molecule has 0 N–H and O–H groups in total. The molecule has 0 unspecified atom stereocenters. The third-order valence-corrected chi connectivity index (χ3v) is 6.36. The molecule has 0 saturated heterocycles. The zero-order chi connectivity index (χ0) is 23.4. The number of hydrogen-bond acceptors (Lipinski definition) is 2. The Hall–Kier alpha value is -4.44. The van der Waals surface area contributed by atoms with Crippen LogP contribution in [0.1, 0.15) is 31.8 Å². The molecule has 0 spiro atoms. The lowest BCUT2D eigenvalue weighted by Crippen LogP contribution is -2.15. The van der Waals surface area contributed by atoms with Gasteiger partial charge in [-0.15, -0.1) is 0 Å². The van der Waals surface area contributed by atoms with Crippen LogP contribution in [0.5, 0.6) is 0 Å². The first-order valence-electron chi connectivity index (χ1n) is 10.8. The van der Waals surface area contributed by atoms with Crippen LogP contribution in [-0.2, 0) is 0 Å². The van der Waals surface area contributed by atoms with Gasteiger partial charge in [-0.05, 0) is 57.8 Å². The first-order valence-corrected chi connectivity index (χ1v) is 10.8. The van der Waals surface area contributed by atoms with Gasteiger partial charge in [0.1, 0.15) is 11.6 Å². The Balaban J connectivity index is 1.75. The fourth-order valence-electron chi connectivity index (χ4n) is 4.87. The Morgan fingerprint density at radius 1 is 0.529 bits per heavy atom. The highest BCUT2D eigenvalue weighted by molar-refractivity contribution is 6.29. The van der Waals surface area contributed by atoms with Gasteiger partial charge in [-0.25, -0.2) is 8.78 Å². The van der Waals surface area contributed by atoms with E-state index in [1.807, 2.05) is 42.5 Å². The summed E-state index contributed by atoms with van der Waals surface area (Å²) in [4.78, 5) is 27.5. The fraction of sp³-hybridized carbons (Fsp3) is 0. The first kappa shape index (κ1) is 20.2. The van der Waals surface area contributed by atoms with Gasteiger partial charge in [0.15, 0.2) is 11.6 Å². The quantitative estimate of drug-likeness (QED) is 0.268. The monoisotopic (exact) mass is 446 g/mol. The van der Waals surface area contributed by atoms with Crippen molar-refractivity contribution in [3.8, 4) is 22.3 Å². The highest BCUT2D eigenvalue weighted by atomic mass is 19.1. The Labute approximate surface area is 194 Å². The van der Waals surface area contributed by atoms with E-state index < -0.39 is 23.2 Å². The number of carbonyl (C=O) groups is 2. The minimum absolute atomic E-state index is 0.0507. The fourth-order valence-corrected chi connectivity index (χ4v) is 4.87. The van der Waals surface area contributed by atoms with Crippen LogP contribution in [0, 0.1) is 11.6 Å². The van der Waals surface area contributed by atoms with E-state index in [9.17, 15) is 18.4 Å². The van der Waals surface area contributed by atoms with Gasteiger partial charge in [-0.1, -0.05) is 66.7 Å². The van der Waals surface area contributed by atoms with E-state index in [2.05, 4.69) is 0 Å². The van der Waals surface area contributed by atoms with Crippen molar-refractivity contribution in [3.05, 3.63) is 131 Å². The van der Waals surface area contributed by atoms with Gasteiger partial charge in [-0.2, -0.15) is 0 Å². The van der Waals surface area contributed by atoms with Crippen LogP contribution in [0.2, 0.25) is 0 Å². The molecule has 162 valence electrons. The second-order valence-electron chi connectivity index (χ2n) is 8.24. The van der Waals surface area contributed by atoms with E-state index in [0.717, 1.165) is 27.5 Å². The number of carbonyl (C=O) groups excluding carboxylic acids is 2. The second kappa shape index (κ2) is 7.56. The van der Waals surface area contributed by atoms with E-state index in [4.69, 9.17) is 0 Å². The summed E-state index contributed by atoms with van der Waals surface area (Å²) in [5, 5.41) is 1.59. The SMILES string of the molecule is O=C(c1ccccc1F)c1cc2cccc3c2c(c1C(=O)c1ccccc1F)-c1ccccc1-3. The van der Waals surface area contributed by atoms with Crippen molar-refractivity contribution in [1.82, 2.24) is 0 Å². The van der Waals surface area contributed by atoms with Crippen LogP contribution in [-0.4, -0.2) is 11.6 Å². The molecular weight excluding hydrogens is 430 g/mol. The molecule has 0 bridgehead atoms. The molecule has 5 aromatic carbocycles. The van der Waals surface area contributed by atoms with Gasteiger partial charge in [-0.3, -0.25) is 9.59 Å². The van der Waals surface area contributed by atoms with E-state index in [-0.39, 0.29) is 22.3 Å². The van der Waals surface area contributed by atoms with Crippen LogP contribution in [0.4, 0.5) is 8.78 Å². The van der Waals surface area contributed by atoms with E-state index in [0.29, 0.717) is 5.56 Å². The number of benzene rings is 5. The summed E-state index contributed by atoms with van der Waals surface area (Å²) in [7, 11) is 0. The van der Waals surface area contributed by atoms with Gasteiger partial charge in [0.25, 0.3) is 0 Å². The highest BCUT2D eigenvalue weighted by Gasteiger charge is 2.32. The zero-order valence-electron chi connectivity index (χ0n) is 17.8. The van der Waals surface area contributed by atoms with Crippen LogP contribution in [0.3, 0.4) is 0 Å². The molecule has 0 radical (unpaired) electrons. The lowest BCUT2D eigenvalue weighted by Gasteiger charge is -2.16. The molecule has 0 aliphatic heterocycles. The van der Waals surface area contributed by atoms with Gasteiger partial charge in [0.05, 0.1) is 11.1 Å². The summed E-state index contributed by atoms with van der Waals surface area (Å²) in [6, 6.07) is 26.3. The smallest absolute Gasteiger partial charge is 0.197 e. The molecule has 4 heteroatoms. The average molecular weight is 446 g/mol. The molecule has 34 heavy (non-hydrogen) atoms. The summed E-state index contributed by atoms with van der Waals surface area (Å²) in [6.45, 7) is 0. The summed E-state index contributed by atoms with van der Waals surface area (Å²) in [5.41, 5.74) is 3.10. The maximum Gasteiger partial charge on any atom is 0.197 e. The lowest BCUT2D eigenvalue weighted by molar-refractivity contribution is 0.1000. The van der Waals surface area contributed by atoms with Gasteiger partial charge in [0, 0.05) is 16.7 Å². The second-order valence-corrected chi connectivity index (χ2v) is 8.24. The number of rotatable bonds is 4. The molecule has 6 rings (SSSR count). The first-order chi connectivity index (χ1) is 16.6. The molecule has 5 aromatic rings. The topological polar surface area (TPSA) is 34.1 Å². The van der Waals surface area contributed by atoms with Crippen LogP contribution in [0.15, 0.2) is 97.1 Å². The summed E-state index contributed by atoms with van der Waals surface area (Å²) >= 11 is 0. The van der Waals surface area contributed by atoms with Crippen molar-refractivity contribution in [2.75, 3.05) is 0 Å². The molecule has 2 nitrogen and oxygen atoms in total. The van der Waals surface area contributed by atoms with Crippen molar-refractivity contribution in [2.45, 2.75) is 0 Å². The highest BCUT2D eigenvalue weighted by Crippen LogP contribution is 2.50. The van der Waals surface area contributed by atoms with Gasteiger partial charge in [0.2, 0.25) is 0 Å². The number of ketones is 2. The molecule has 0 amide bonds. The van der Waals surface area contributed by atoms with Crippen molar-refractivity contribution in [1.29, 1.82) is 0 Å². The van der Waals surface area contributed by atoms with E-state index >= 15 is 0 Å². The summed E-state index contributed by atoms with van der Waals surface area (Å²) < 4.78 is 29.4. The van der Waals surface area contributed by atoms with Crippen LogP contribution >= 0.6 is 0 Å². The van der Waals surface area contributed by atoms with Gasteiger partial charge >= 0.3 is 0 Å². The van der Waals surface area contributed by atoms with E-state index in [1.54, 1.807) is 18.2 Å². The molecule has 1 aliphatic carbocycles. The Morgan fingerprint density at radius 3 is 1.76 bits per heavy atom. The number of fused-ring (bicyclic) bond motifs is 3. The third-order valence-electron chi connectivity index (χ3n) is 6.36. The van der Waals surface area contributed by atoms with E-state index in [1.165, 1.54) is 36.4 Å². The van der Waals surface area contributed by atoms with Crippen molar-refractivity contribution >= 4 is 22.3 Å². The maximum atomic E-state index is 14.7. The minimum atomic E-state index is -0.678. The zero-order valence-corrected chi connectivity index (χ0v) is 17.8. The largest absolute Gasteiger partial charge is 0.288 e. The van der Waals surface area contributed by atoms with Crippen molar-refractivity contribution in [2.24, 2.45) is 0 Å². The Morgan fingerprint density at radius 2 is 1.09 bits per heavy atom. The predicted octanol–water partition coefficient (Wildman–Crippen LogP) is 7.23. The molecule has 0 saturated carbocycles. The summed E-state index contributed by atoms with van der Waals surface area (Å²) in [5.74, 6) is -2.59. The molecule has 0 heterocycles. The molecule has 0 atom stereocenters. The molecule has 0 aromatic heterocycles. The number of halogens is 2. The van der Waals surface area contributed by atoms with Crippen molar-refractivity contribution in [3.63, 3.8) is 0 Å². The predicted molar refractivity (Wildman–Crippen MR) is 128 cm³/mol. The molecule has 1 aliphatic rings. The minimum Gasteiger partial charge on any atom is -0.288 e. The van der Waals surface area contributed by atoms with Gasteiger partial charge < -0.3 is 0 Å². The third kappa shape index (κ3) is 2.85. The Bertz CT molecular complexity index is 1670.